The second-order valence-electron chi connectivity index (χ2n) is 4.35. The Bertz CT molecular complexity index is 509. The molecule has 0 saturated heterocycles. The van der Waals surface area contributed by atoms with Crippen LogP contribution >= 0.6 is 0 Å². The lowest BCUT2D eigenvalue weighted by Crippen LogP contribution is -2.49. The van der Waals surface area contributed by atoms with Gasteiger partial charge in [-0.15, -0.1) is 0 Å². The third kappa shape index (κ3) is 3.54. The van der Waals surface area contributed by atoms with Gasteiger partial charge in [0.1, 0.15) is 14.1 Å². The molecule has 0 spiro atoms. The van der Waals surface area contributed by atoms with E-state index in [4.69, 9.17) is 0 Å². The third-order valence-electron chi connectivity index (χ3n) is 2.41. The summed E-state index contributed by atoms with van der Waals surface area (Å²) in [6.07, 6.45) is -5.14. The van der Waals surface area contributed by atoms with Gasteiger partial charge in [-0.2, -0.15) is 13.2 Å². The van der Waals surface area contributed by atoms with E-state index < -0.39 is 22.7 Å². The van der Waals surface area contributed by atoms with Crippen LogP contribution in [-0.4, -0.2) is 36.8 Å². The van der Waals surface area contributed by atoms with E-state index >= 15 is 0 Å². The van der Waals surface area contributed by atoms with Crippen molar-refractivity contribution in [3.8, 4) is 0 Å². The molecule has 0 bridgehead atoms. The van der Waals surface area contributed by atoms with Crippen molar-refractivity contribution < 1.29 is 32.2 Å². The lowest BCUT2D eigenvalue weighted by molar-refractivity contribution is -0.992. The van der Waals surface area contributed by atoms with E-state index in [-0.39, 0.29) is 5.56 Å². The molecule has 7 heteroatoms. The Morgan fingerprint density at radius 3 is 2.16 bits per heavy atom. The van der Waals surface area contributed by atoms with Gasteiger partial charge < -0.3 is 0 Å². The molecule has 1 rings (SSSR count). The van der Waals surface area contributed by atoms with Crippen LogP contribution in [0.15, 0.2) is 24.3 Å². The zero-order valence-electron chi connectivity index (χ0n) is 10.6. The average Bonchev–Trinajstić information content (AvgIpc) is 2.27. The molecule has 0 heterocycles. The Hall–Kier alpha value is -1.89. The van der Waals surface area contributed by atoms with Gasteiger partial charge in [0.15, 0.2) is 0 Å². The van der Waals surface area contributed by atoms with E-state index in [0.29, 0.717) is 5.56 Å². The molecule has 0 aliphatic heterocycles. The molecule has 0 atom stereocenters. The van der Waals surface area contributed by atoms with Crippen molar-refractivity contribution in [2.24, 2.45) is 0 Å². The quantitative estimate of drug-likeness (QED) is 0.583. The van der Waals surface area contributed by atoms with Crippen LogP contribution in [0.5, 0.6) is 0 Å². The van der Waals surface area contributed by atoms with Crippen LogP contribution in [0.2, 0.25) is 0 Å². The summed E-state index contributed by atoms with van der Waals surface area (Å²) in [6, 6.07) is 6.36. The average molecular weight is 276 g/mol. The van der Waals surface area contributed by atoms with Gasteiger partial charge in [-0.3, -0.25) is 4.84 Å². The van der Waals surface area contributed by atoms with E-state index in [1.807, 2.05) is 0 Å². The molecule has 0 radical (unpaired) electrons. The first-order valence-corrected chi connectivity index (χ1v) is 5.31. The number of nitrogens with zero attached hydrogens (tertiary/aromatic N) is 1. The van der Waals surface area contributed by atoms with Crippen LogP contribution in [0, 0.1) is 6.92 Å². The van der Waals surface area contributed by atoms with Gasteiger partial charge in [0.25, 0.3) is 0 Å². The van der Waals surface area contributed by atoms with Crippen molar-refractivity contribution in [1.29, 1.82) is 0 Å². The highest BCUT2D eigenvalue weighted by atomic mass is 19.4. The zero-order chi connectivity index (χ0) is 14.8. The Labute approximate surface area is 107 Å². The molecule has 0 aliphatic carbocycles. The fourth-order valence-electron chi connectivity index (χ4n) is 1.40. The number of halogens is 3. The highest BCUT2D eigenvalue weighted by Gasteiger charge is 2.48. The molecule has 0 unspecified atom stereocenters. The highest BCUT2D eigenvalue weighted by Crippen LogP contribution is 2.21. The molecule has 0 N–H and O–H groups in total. The number of hydroxylamine groups is 3. The van der Waals surface area contributed by atoms with Crippen LogP contribution in [0.3, 0.4) is 0 Å². The molecule has 19 heavy (non-hydrogen) atoms. The fourth-order valence-corrected chi connectivity index (χ4v) is 1.40. The normalized spacial score (nSPS) is 12.1. The van der Waals surface area contributed by atoms with Crippen molar-refractivity contribution in [2.45, 2.75) is 13.1 Å². The number of carbonyl (C=O) groups excluding carboxylic acids is 2. The largest absolute Gasteiger partial charge is 0.497 e. The van der Waals surface area contributed by atoms with Gasteiger partial charge in [-0.25, -0.2) is 9.59 Å². The maximum Gasteiger partial charge on any atom is 0.497 e. The standard InChI is InChI=1S/C12H13F3NO3/c1-8-6-4-5-7-9(8)10(17)16(2,3)19-11(18)12(13,14)15/h4-7H,1-3H3/q+1. The summed E-state index contributed by atoms with van der Waals surface area (Å²) in [5.41, 5.74) is 0.782. The second kappa shape index (κ2) is 5.00. The van der Waals surface area contributed by atoms with Gasteiger partial charge in [-0.05, 0) is 18.6 Å². The minimum atomic E-state index is -5.14. The van der Waals surface area contributed by atoms with Gasteiger partial charge in [-0.1, -0.05) is 22.8 Å². The van der Waals surface area contributed by atoms with Crippen LogP contribution in [0.4, 0.5) is 13.2 Å². The Kier molecular flexibility index (Phi) is 4.00. The van der Waals surface area contributed by atoms with Crippen LogP contribution in [0.1, 0.15) is 15.9 Å². The number of amides is 1. The number of alkyl halides is 3. The third-order valence-corrected chi connectivity index (χ3v) is 2.41. The predicted molar refractivity (Wildman–Crippen MR) is 59.8 cm³/mol. The smallest absolute Gasteiger partial charge is 0.258 e. The van der Waals surface area contributed by atoms with Crippen LogP contribution in [0.25, 0.3) is 0 Å². The first-order chi connectivity index (χ1) is 8.55. The molecular formula is C12H13F3NO3+. The van der Waals surface area contributed by atoms with Crippen molar-refractivity contribution in [2.75, 3.05) is 14.1 Å². The lowest BCUT2D eigenvalue weighted by atomic mass is 10.1. The zero-order valence-corrected chi connectivity index (χ0v) is 10.6. The van der Waals surface area contributed by atoms with Crippen molar-refractivity contribution in [3.63, 3.8) is 0 Å². The van der Waals surface area contributed by atoms with Crippen molar-refractivity contribution in [1.82, 2.24) is 0 Å². The summed E-state index contributed by atoms with van der Waals surface area (Å²) < 4.78 is 35.2. The summed E-state index contributed by atoms with van der Waals surface area (Å²) >= 11 is 0. The molecular weight excluding hydrogens is 263 g/mol. The van der Waals surface area contributed by atoms with E-state index in [2.05, 4.69) is 4.84 Å². The number of carbonyl (C=O) groups is 2. The molecule has 0 aliphatic rings. The predicted octanol–water partition coefficient (Wildman–Crippen LogP) is 2.23. The summed E-state index contributed by atoms with van der Waals surface area (Å²) in [7, 11) is 2.14. The Morgan fingerprint density at radius 1 is 1.16 bits per heavy atom. The van der Waals surface area contributed by atoms with Gasteiger partial charge in [0, 0.05) is 0 Å². The summed E-state index contributed by atoms with van der Waals surface area (Å²) in [4.78, 5) is 27.1. The summed E-state index contributed by atoms with van der Waals surface area (Å²) in [5, 5.41) is 0. The SMILES string of the molecule is Cc1ccccc1C(=O)[N+](C)(C)OC(=O)C(F)(F)F. The molecule has 1 aromatic rings. The Morgan fingerprint density at radius 2 is 1.68 bits per heavy atom. The Balaban J connectivity index is 2.98. The molecule has 0 aromatic heterocycles. The monoisotopic (exact) mass is 276 g/mol. The molecule has 0 fully saturated rings. The number of hydrogen-bond donors (Lipinski definition) is 0. The highest BCUT2D eigenvalue weighted by molar-refractivity contribution is 5.90. The lowest BCUT2D eigenvalue weighted by Gasteiger charge is -2.24. The van der Waals surface area contributed by atoms with Gasteiger partial charge >= 0.3 is 18.1 Å². The fraction of sp³-hybridized carbons (Fsp3) is 0.333. The van der Waals surface area contributed by atoms with Crippen LogP contribution in [-0.2, 0) is 9.63 Å². The molecule has 1 amide bonds. The summed E-state index contributed by atoms with van der Waals surface area (Å²) in [6.45, 7) is 1.64. The van der Waals surface area contributed by atoms with Crippen molar-refractivity contribution >= 4 is 11.9 Å². The number of benzene rings is 1. The van der Waals surface area contributed by atoms with Crippen LogP contribution < -0.4 is 0 Å². The molecule has 0 saturated carbocycles. The first kappa shape index (κ1) is 15.2. The second-order valence-corrected chi connectivity index (χ2v) is 4.35. The van der Waals surface area contributed by atoms with E-state index in [1.54, 1.807) is 25.1 Å². The molecule has 104 valence electrons. The maximum atomic E-state index is 12.1. The van der Waals surface area contributed by atoms with E-state index in [0.717, 1.165) is 14.1 Å². The number of quaternary nitrogens is 1. The summed E-state index contributed by atoms with van der Waals surface area (Å²) in [5.74, 6) is -3.14. The van der Waals surface area contributed by atoms with E-state index in [1.165, 1.54) is 6.07 Å². The van der Waals surface area contributed by atoms with Crippen molar-refractivity contribution in [3.05, 3.63) is 35.4 Å². The molecule has 1 aromatic carbocycles. The van der Waals surface area contributed by atoms with E-state index in [9.17, 15) is 22.8 Å². The van der Waals surface area contributed by atoms with Gasteiger partial charge in [0.2, 0.25) is 0 Å². The van der Waals surface area contributed by atoms with Gasteiger partial charge in [0.05, 0.1) is 5.56 Å². The number of hydrogen-bond acceptors (Lipinski definition) is 3. The molecule has 4 nitrogen and oxygen atoms in total. The number of aryl methyl sites for hydroxylation is 1. The minimum absolute atomic E-state index is 0.197. The minimum Gasteiger partial charge on any atom is -0.258 e. The number of rotatable bonds is 1. The first-order valence-electron chi connectivity index (χ1n) is 5.31. The maximum absolute atomic E-state index is 12.1. The topological polar surface area (TPSA) is 43.4 Å².